The maximum absolute atomic E-state index is 11.7. The Hall–Kier alpha value is -0.480. The van der Waals surface area contributed by atoms with E-state index in [-0.39, 0.29) is 18.0 Å². The molecule has 100 valence electrons. The molecule has 2 N–H and O–H groups in total. The van der Waals surface area contributed by atoms with Crippen molar-refractivity contribution in [2.75, 3.05) is 11.9 Å². The third kappa shape index (κ3) is 5.02. The van der Waals surface area contributed by atoms with Crippen molar-refractivity contribution in [2.45, 2.75) is 26.3 Å². The Morgan fingerprint density at radius 1 is 1.11 bits per heavy atom. The molecule has 0 aromatic heterocycles. The van der Waals surface area contributed by atoms with E-state index in [9.17, 15) is 4.79 Å². The fourth-order valence-electron chi connectivity index (χ4n) is 1.16. The van der Waals surface area contributed by atoms with Gasteiger partial charge in [-0.05, 0) is 32.9 Å². The molecule has 0 bridgehead atoms. The smallest absolute Gasteiger partial charge is 0.238 e. The zero-order valence-corrected chi connectivity index (χ0v) is 12.7. The molecule has 0 aliphatic rings. The van der Waals surface area contributed by atoms with Gasteiger partial charge in [-0.1, -0.05) is 34.8 Å². The second-order valence-corrected chi connectivity index (χ2v) is 6.12. The number of amides is 1. The van der Waals surface area contributed by atoms with E-state index >= 15 is 0 Å². The lowest BCUT2D eigenvalue weighted by atomic mass is 10.1. The summed E-state index contributed by atoms with van der Waals surface area (Å²) in [6.07, 6.45) is 0. The van der Waals surface area contributed by atoms with Gasteiger partial charge >= 0.3 is 0 Å². The predicted octanol–water partition coefficient (Wildman–Crippen LogP) is 3.97. The summed E-state index contributed by atoms with van der Waals surface area (Å²) in [6, 6.07) is 3.03. The Morgan fingerprint density at radius 3 is 2.22 bits per heavy atom. The van der Waals surface area contributed by atoms with Gasteiger partial charge in [-0.3, -0.25) is 4.79 Å². The van der Waals surface area contributed by atoms with Crippen molar-refractivity contribution < 1.29 is 4.79 Å². The van der Waals surface area contributed by atoms with E-state index in [4.69, 9.17) is 34.8 Å². The molecule has 1 aromatic carbocycles. The van der Waals surface area contributed by atoms with E-state index < -0.39 is 0 Å². The molecule has 0 heterocycles. The number of rotatable bonds is 3. The molecule has 0 saturated heterocycles. The van der Waals surface area contributed by atoms with Crippen LogP contribution in [0.25, 0.3) is 0 Å². The van der Waals surface area contributed by atoms with E-state index in [0.717, 1.165) is 0 Å². The molecule has 0 saturated carbocycles. The van der Waals surface area contributed by atoms with Crippen LogP contribution in [0.3, 0.4) is 0 Å². The highest BCUT2D eigenvalue weighted by atomic mass is 35.5. The Bertz CT molecular complexity index is 455. The molecule has 0 aliphatic heterocycles. The molecule has 3 nitrogen and oxygen atoms in total. The molecule has 0 spiro atoms. The van der Waals surface area contributed by atoms with Crippen molar-refractivity contribution in [3.8, 4) is 0 Å². The average molecular weight is 310 g/mol. The molecule has 0 fully saturated rings. The molecule has 1 aromatic rings. The van der Waals surface area contributed by atoms with Crippen molar-refractivity contribution in [1.82, 2.24) is 5.32 Å². The van der Waals surface area contributed by atoms with Crippen molar-refractivity contribution >= 4 is 46.4 Å². The van der Waals surface area contributed by atoms with Crippen LogP contribution in [0.1, 0.15) is 20.8 Å². The average Bonchev–Trinajstić information content (AvgIpc) is 2.22. The van der Waals surface area contributed by atoms with Gasteiger partial charge in [0.1, 0.15) is 0 Å². The van der Waals surface area contributed by atoms with Crippen LogP contribution < -0.4 is 10.6 Å². The summed E-state index contributed by atoms with van der Waals surface area (Å²) in [6.45, 7) is 6.13. The normalized spacial score (nSPS) is 11.4. The largest absolute Gasteiger partial charge is 0.324 e. The fraction of sp³-hybridized carbons (Fsp3) is 0.417. The van der Waals surface area contributed by atoms with Crippen LogP contribution in [-0.4, -0.2) is 18.0 Å². The van der Waals surface area contributed by atoms with Crippen LogP contribution in [0, 0.1) is 0 Å². The third-order valence-electron chi connectivity index (χ3n) is 2.06. The van der Waals surface area contributed by atoms with Crippen LogP contribution in [0.5, 0.6) is 0 Å². The topological polar surface area (TPSA) is 41.1 Å². The predicted molar refractivity (Wildman–Crippen MR) is 77.9 cm³/mol. The summed E-state index contributed by atoms with van der Waals surface area (Å²) in [5.74, 6) is -0.190. The molecule has 6 heteroatoms. The molecule has 1 amide bonds. The van der Waals surface area contributed by atoms with Gasteiger partial charge in [0.2, 0.25) is 5.91 Å². The number of nitrogens with one attached hydrogen (secondary N) is 2. The Labute approximate surface area is 122 Å². The summed E-state index contributed by atoms with van der Waals surface area (Å²) >= 11 is 17.6. The highest BCUT2D eigenvalue weighted by Crippen LogP contribution is 2.32. The first-order valence-electron chi connectivity index (χ1n) is 5.38. The number of halogens is 3. The van der Waals surface area contributed by atoms with E-state index in [1.54, 1.807) is 0 Å². The molecule has 0 radical (unpaired) electrons. The summed E-state index contributed by atoms with van der Waals surface area (Å²) in [4.78, 5) is 11.7. The fourth-order valence-corrected chi connectivity index (χ4v) is 1.75. The first-order chi connectivity index (χ1) is 8.19. The van der Waals surface area contributed by atoms with Crippen molar-refractivity contribution in [1.29, 1.82) is 0 Å². The zero-order chi connectivity index (χ0) is 13.9. The van der Waals surface area contributed by atoms with Crippen LogP contribution >= 0.6 is 34.8 Å². The van der Waals surface area contributed by atoms with Gasteiger partial charge in [0.25, 0.3) is 0 Å². The number of hydrogen-bond donors (Lipinski definition) is 2. The zero-order valence-electron chi connectivity index (χ0n) is 10.4. The van der Waals surface area contributed by atoms with Gasteiger partial charge in [-0.25, -0.2) is 0 Å². The quantitative estimate of drug-likeness (QED) is 0.829. The Kier molecular flexibility index (Phi) is 5.29. The second-order valence-electron chi connectivity index (χ2n) is 4.90. The Balaban J connectivity index is 2.68. The first kappa shape index (κ1) is 15.6. The van der Waals surface area contributed by atoms with E-state index in [1.165, 1.54) is 12.1 Å². The second kappa shape index (κ2) is 6.11. The lowest BCUT2D eigenvalue weighted by Crippen LogP contribution is -2.41. The SMILES string of the molecule is CC(C)(C)NCC(=O)Nc1cc(Cl)c(Cl)cc1Cl. The van der Waals surface area contributed by atoms with Gasteiger partial charge in [0.05, 0.1) is 27.3 Å². The minimum absolute atomic E-state index is 0.126. The maximum atomic E-state index is 11.7. The van der Waals surface area contributed by atoms with E-state index in [2.05, 4.69) is 10.6 Å². The molecule has 1 rings (SSSR count). The van der Waals surface area contributed by atoms with Crippen molar-refractivity contribution in [2.24, 2.45) is 0 Å². The van der Waals surface area contributed by atoms with Crippen LogP contribution in [-0.2, 0) is 4.79 Å². The Morgan fingerprint density at radius 2 is 1.67 bits per heavy atom. The van der Waals surface area contributed by atoms with Crippen LogP contribution in [0.15, 0.2) is 12.1 Å². The lowest BCUT2D eigenvalue weighted by molar-refractivity contribution is -0.115. The molecule has 0 atom stereocenters. The molecular formula is C12H15Cl3N2O. The van der Waals surface area contributed by atoms with Crippen LogP contribution in [0.2, 0.25) is 15.1 Å². The molecular weight excluding hydrogens is 295 g/mol. The number of hydrogen-bond acceptors (Lipinski definition) is 2. The number of carbonyl (C=O) groups is 1. The number of benzene rings is 1. The van der Waals surface area contributed by atoms with E-state index in [1.807, 2.05) is 20.8 Å². The minimum atomic E-state index is -0.190. The summed E-state index contributed by atoms with van der Waals surface area (Å²) < 4.78 is 0. The standard InChI is InChI=1S/C12H15Cl3N2O/c1-12(2,3)16-6-11(18)17-10-5-8(14)7(13)4-9(10)15/h4-5,16H,6H2,1-3H3,(H,17,18). The van der Waals surface area contributed by atoms with E-state index in [0.29, 0.717) is 20.8 Å². The molecule has 0 unspecified atom stereocenters. The first-order valence-corrected chi connectivity index (χ1v) is 6.52. The minimum Gasteiger partial charge on any atom is -0.324 e. The van der Waals surface area contributed by atoms with Gasteiger partial charge in [0.15, 0.2) is 0 Å². The van der Waals surface area contributed by atoms with Gasteiger partial charge in [-0.15, -0.1) is 0 Å². The molecule has 18 heavy (non-hydrogen) atoms. The summed E-state index contributed by atoms with van der Waals surface area (Å²) in [5.41, 5.74) is 0.325. The maximum Gasteiger partial charge on any atom is 0.238 e. The number of anilines is 1. The molecule has 0 aliphatic carbocycles. The summed E-state index contributed by atoms with van der Waals surface area (Å²) in [7, 11) is 0. The van der Waals surface area contributed by atoms with Crippen molar-refractivity contribution in [3.63, 3.8) is 0 Å². The third-order valence-corrected chi connectivity index (χ3v) is 3.10. The van der Waals surface area contributed by atoms with Gasteiger partial charge < -0.3 is 10.6 Å². The van der Waals surface area contributed by atoms with Gasteiger partial charge in [0, 0.05) is 5.54 Å². The van der Waals surface area contributed by atoms with Crippen molar-refractivity contribution in [3.05, 3.63) is 27.2 Å². The number of carbonyl (C=O) groups excluding carboxylic acids is 1. The van der Waals surface area contributed by atoms with Crippen LogP contribution in [0.4, 0.5) is 5.69 Å². The lowest BCUT2D eigenvalue weighted by Gasteiger charge is -2.20. The highest BCUT2D eigenvalue weighted by Gasteiger charge is 2.13. The summed E-state index contributed by atoms with van der Waals surface area (Å²) in [5, 5.41) is 6.80. The highest BCUT2D eigenvalue weighted by molar-refractivity contribution is 6.44. The van der Waals surface area contributed by atoms with Gasteiger partial charge in [-0.2, -0.15) is 0 Å². The monoisotopic (exact) mass is 308 g/mol.